The van der Waals surface area contributed by atoms with E-state index in [4.69, 9.17) is 14.5 Å². The van der Waals surface area contributed by atoms with Crippen molar-refractivity contribution in [2.45, 2.75) is 20.4 Å². The van der Waals surface area contributed by atoms with E-state index in [1.807, 2.05) is 42.5 Å². The Bertz CT molecular complexity index is 1200. The molecule has 0 aliphatic heterocycles. The number of ether oxygens (including phenoxy) is 2. The summed E-state index contributed by atoms with van der Waals surface area (Å²) in [4.78, 5) is 19.7. The first-order valence-corrected chi connectivity index (χ1v) is 10.8. The molecule has 0 saturated carbocycles. The smallest absolute Gasteiger partial charge is 0.267 e. The fourth-order valence-electron chi connectivity index (χ4n) is 3.42. The Morgan fingerprint density at radius 1 is 1.00 bits per heavy atom. The lowest BCUT2D eigenvalue weighted by molar-refractivity contribution is -0.120. The molecule has 0 aliphatic rings. The lowest BCUT2D eigenvalue weighted by atomic mass is 10.1. The molecule has 6 heteroatoms. The number of aryl methyl sites for hydroxylation is 2. The van der Waals surface area contributed by atoms with Gasteiger partial charge < -0.3 is 9.47 Å². The molecule has 4 aromatic rings. The van der Waals surface area contributed by atoms with Crippen LogP contribution in [0.5, 0.6) is 11.5 Å². The molecule has 1 aromatic heterocycles. The van der Waals surface area contributed by atoms with Crippen molar-refractivity contribution in [3.63, 3.8) is 0 Å². The zero-order valence-electron chi connectivity index (χ0n) is 17.8. The summed E-state index contributed by atoms with van der Waals surface area (Å²) in [5.41, 5.74) is 4.27. The average Bonchev–Trinajstić information content (AvgIpc) is 3.20. The number of hydrogen-bond donors (Lipinski definition) is 0. The number of nitrogens with zero attached hydrogens (tertiary/aromatic N) is 2. The lowest BCUT2D eigenvalue weighted by Crippen LogP contribution is -2.34. The van der Waals surface area contributed by atoms with Crippen molar-refractivity contribution in [1.82, 2.24) is 4.98 Å². The second-order valence-corrected chi connectivity index (χ2v) is 8.34. The first-order valence-electron chi connectivity index (χ1n) is 10.0. The maximum Gasteiger partial charge on any atom is 0.267 e. The predicted molar refractivity (Wildman–Crippen MR) is 125 cm³/mol. The highest BCUT2D eigenvalue weighted by Gasteiger charge is 2.21. The number of methoxy groups -OCH3 is 1. The van der Waals surface area contributed by atoms with Gasteiger partial charge in [-0.1, -0.05) is 53.8 Å². The molecule has 158 valence electrons. The molecule has 0 radical (unpaired) electrons. The van der Waals surface area contributed by atoms with Gasteiger partial charge in [0.2, 0.25) is 0 Å². The number of carbonyl (C=O) groups excluding carboxylic acids is 1. The third-order valence-corrected chi connectivity index (χ3v) is 6.16. The van der Waals surface area contributed by atoms with Crippen LogP contribution in [0.25, 0.3) is 10.2 Å². The van der Waals surface area contributed by atoms with Crippen molar-refractivity contribution in [1.29, 1.82) is 0 Å². The molecule has 0 unspecified atom stereocenters. The van der Waals surface area contributed by atoms with Crippen LogP contribution >= 0.6 is 11.3 Å². The minimum absolute atomic E-state index is 0.0893. The standard InChI is InChI=1S/C25H24N2O3S/c1-17-12-18(2)24-22(13-17)26-25(31-24)27(15-19-8-5-4-6-9-19)23(28)16-30-21-11-7-10-20(14-21)29-3/h4-14H,15-16H2,1-3H3. The normalized spacial score (nSPS) is 10.8. The number of anilines is 1. The van der Waals surface area contributed by atoms with E-state index in [-0.39, 0.29) is 12.5 Å². The van der Waals surface area contributed by atoms with Gasteiger partial charge in [-0.25, -0.2) is 4.98 Å². The summed E-state index contributed by atoms with van der Waals surface area (Å²) in [5.74, 6) is 1.12. The number of thiazole rings is 1. The number of hydrogen-bond acceptors (Lipinski definition) is 5. The minimum Gasteiger partial charge on any atom is -0.497 e. The van der Waals surface area contributed by atoms with Gasteiger partial charge in [-0.05, 0) is 48.7 Å². The second-order valence-electron chi connectivity index (χ2n) is 7.36. The van der Waals surface area contributed by atoms with Crippen LogP contribution in [-0.4, -0.2) is 24.6 Å². The second kappa shape index (κ2) is 9.18. The molecule has 0 saturated heterocycles. The number of carbonyl (C=O) groups is 1. The third kappa shape index (κ3) is 4.86. The molecular weight excluding hydrogens is 408 g/mol. The zero-order chi connectivity index (χ0) is 21.8. The molecular formula is C25H24N2O3S. The van der Waals surface area contributed by atoms with Gasteiger partial charge in [-0.2, -0.15) is 0 Å². The molecule has 0 atom stereocenters. The summed E-state index contributed by atoms with van der Waals surface area (Å²) in [5, 5.41) is 0.673. The largest absolute Gasteiger partial charge is 0.497 e. The topological polar surface area (TPSA) is 51.7 Å². The van der Waals surface area contributed by atoms with Crippen molar-refractivity contribution >= 4 is 32.6 Å². The van der Waals surface area contributed by atoms with E-state index in [0.29, 0.717) is 23.2 Å². The molecule has 1 heterocycles. The maximum atomic E-state index is 13.2. The van der Waals surface area contributed by atoms with Crippen LogP contribution in [0.1, 0.15) is 16.7 Å². The van der Waals surface area contributed by atoms with E-state index < -0.39 is 0 Å². The van der Waals surface area contributed by atoms with Crippen LogP contribution in [0.3, 0.4) is 0 Å². The molecule has 0 aliphatic carbocycles. The zero-order valence-corrected chi connectivity index (χ0v) is 18.6. The Balaban J connectivity index is 1.62. The summed E-state index contributed by atoms with van der Waals surface area (Å²) >= 11 is 1.53. The summed E-state index contributed by atoms with van der Waals surface area (Å²) < 4.78 is 12.1. The van der Waals surface area contributed by atoms with E-state index in [1.165, 1.54) is 16.9 Å². The van der Waals surface area contributed by atoms with Crippen LogP contribution in [0.15, 0.2) is 66.7 Å². The molecule has 0 N–H and O–H groups in total. The highest BCUT2D eigenvalue weighted by atomic mass is 32.1. The summed E-state index contributed by atoms with van der Waals surface area (Å²) in [6.07, 6.45) is 0. The number of fused-ring (bicyclic) bond motifs is 1. The first kappa shape index (κ1) is 20.9. The molecule has 5 nitrogen and oxygen atoms in total. The molecule has 31 heavy (non-hydrogen) atoms. The van der Waals surface area contributed by atoms with Crippen molar-refractivity contribution in [2.24, 2.45) is 0 Å². The summed E-state index contributed by atoms with van der Waals surface area (Å²) in [7, 11) is 1.60. The highest BCUT2D eigenvalue weighted by molar-refractivity contribution is 7.22. The van der Waals surface area contributed by atoms with Gasteiger partial charge >= 0.3 is 0 Å². The van der Waals surface area contributed by atoms with Crippen LogP contribution in [-0.2, 0) is 11.3 Å². The third-order valence-electron chi connectivity index (χ3n) is 4.93. The van der Waals surface area contributed by atoms with E-state index >= 15 is 0 Å². The van der Waals surface area contributed by atoms with Gasteiger partial charge in [0.05, 0.1) is 23.9 Å². The molecule has 0 bridgehead atoms. The fraction of sp³-hybridized carbons (Fsp3) is 0.200. The Labute approximate surface area is 185 Å². The monoisotopic (exact) mass is 432 g/mol. The van der Waals surface area contributed by atoms with E-state index in [2.05, 4.69) is 26.0 Å². The fourth-order valence-corrected chi connectivity index (χ4v) is 4.45. The van der Waals surface area contributed by atoms with Gasteiger partial charge in [-0.3, -0.25) is 9.69 Å². The Kier molecular flexibility index (Phi) is 6.18. The van der Waals surface area contributed by atoms with E-state index in [9.17, 15) is 4.79 Å². The van der Waals surface area contributed by atoms with Gasteiger partial charge in [-0.15, -0.1) is 0 Å². The molecule has 4 rings (SSSR count). The minimum atomic E-state index is -0.153. The SMILES string of the molecule is COc1cccc(OCC(=O)N(Cc2ccccc2)c2nc3cc(C)cc(C)c3s2)c1. The van der Waals surface area contributed by atoms with Gasteiger partial charge in [0, 0.05) is 6.07 Å². The Hall–Kier alpha value is -3.38. The Morgan fingerprint density at radius 3 is 2.55 bits per heavy atom. The van der Waals surface area contributed by atoms with Crippen molar-refractivity contribution < 1.29 is 14.3 Å². The number of aromatic nitrogens is 1. The van der Waals surface area contributed by atoms with Gasteiger partial charge in [0.15, 0.2) is 11.7 Å². The molecule has 1 amide bonds. The van der Waals surface area contributed by atoms with Crippen LogP contribution < -0.4 is 14.4 Å². The average molecular weight is 433 g/mol. The number of rotatable bonds is 7. The quantitative estimate of drug-likeness (QED) is 0.385. The van der Waals surface area contributed by atoms with Crippen LogP contribution in [0.4, 0.5) is 5.13 Å². The molecule has 3 aromatic carbocycles. The molecule has 0 spiro atoms. The van der Waals surface area contributed by atoms with E-state index in [0.717, 1.165) is 21.3 Å². The maximum absolute atomic E-state index is 13.2. The highest BCUT2D eigenvalue weighted by Crippen LogP contribution is 2.33. The predicted octanol–water partition coefficient (Wildman–Crippen LogP) is 5.53. The molecule has 0 fully saturated rings. The Morgan fingerprint density at radius 2 is 1.77 bits per heavy atom. The van der Waals surface area contributed by atoms with Crippen molar-refractivity contribution in [2.75, 3.05) is 18.6 Å². The number of amides is 1. The summed E-state index contributed by atoms with van der Waals surface area (Å²) in [6.45, 7) is 4.47. The van der Waals surface area contributed by atoms with Gasteiger partial charge in [0.1, 0.15) is 11.5 Å². The van der Waals surface area contributed by atoms with Crippen molar-refractivity contribution in [3.05, 3.63) is 83.4 Å². The van der Waals surface area contributed by atoms with Crippen LogP contribution in [0, 0.1) is 13.8 Å². The van der Waals surface area contributed by atoms with Gasteiger partial charge in [0.25, 0.3) is 5.91 Å². The van der Waals surface area contributed by atoms with E-state index in [1.54, 1.807) is 24.1 Å². The van der Waals surface area contributed by atoms with Crippen molar-refractivity contribution in [3.8, 4) is 11.5 Å². The summed E-state index contributed by atoms with van der Waals surface area (Å²) in [6, 6.07) is 21.3. The number of benzene rings is 3. The first-order chi connectivity index (χ1) is 15.0. The lowest BCUT2D eigenvalue weighted by Gasteiger charge is -2.20. The van der Waals surface area contributed by atoms with Crippen LogP contribution in [0.2, 0.25) is 0 Å².